The van der Waals surface area contributed by atoms with Crippen LogP contribution in [0.5, 0.6) is 0 Å². The summed E-state index contributed by atoms with van der Waals surface area (Å²) in [6, 6.07) is -0.731. The maximum absolute atomic E-state index is 9.57. The van der Waals surface area contributed by atoms with Crippen LogP contribution in [0.4, 0.5) is 0 Å². The molecule has 5 heteroatoms. The summed E-state index contributed by atoms with van der Waals surface area (Å²) in [5.74, 6) is -0.963. The van der Waals surface area contributed by atoms with Gasteiger partial charge in [0, 0.05) is 13.2 Å². The highest BCUT2D eigenvalue weighted by molar-refractivity contribution is 5.72. The van der Waals surface area contributed by atoms with Crippen LogP contribution in [0.25, 0.3) is 0 Å². The third kappa shape index (κ3) is 17.4. The van der Waals surface area contributed by atoms with Crippen molar-refractivity contribution >= 4 is 5.97 Å². The van der Waals surface area contributed by atoms with Crippen molar-refractivity contribution in [1.82, 2.24) is 0 Å². The van der Waals surface area contributed by atoms with Crippen molar-refractivity contribution in [3.05, 3.63) is 0 Å². The Kier molecular flexibility index (Phi) is 13.9. The molecule has 14 heavy (non-hydrogen) atoms. The third-order valence-electron chi connectivity index (χ3n) is 1.46. The lowest BCUT2D eigenvalue weighted by atomic mass is 10.2. The van der Waals surface area contributed by atoms with Gasteiger partial charge in [0.1, 0.15) is 6.04 Å². The average molecular weight is 207 g/mol. The number of hydrogen-bond donors (Lipinski definition) is 4. The zero-order valence-electron chi connectivity index (χ0n) is 8.65. The van der Waals surface area contributed by atoms with E-state index in [0.717, 1.165) is 25.7 Å². The van der Waals surface area contributed by atoms with Crippen LogP contribution in [-0.4, -0.2) is 40.5 Å². The zero-order chi connectivity index (χ0) is 11.4. The first-order chi connectivity index (χ1) is 6.56. The number of carboxylic acids is 1. The molecular formula is C9H21NO4. The summed E-state index contributed by atoms with van der Waals surface area (Å²) in [6.07, 6.45) is 3.83. The molecule has 0 aromatic rings. The summed E-state index contributed by atoms with van der Waals surface area (Å²) in [6.45, 7) is 1.99. The molecule has 0 aliphatic rings. The first kappa shape index (κ1) is 15.8. The van der Waals surface area contributed by atoms with Gasteiger partial charge < -0.3 is 21.1 Å². The number of aliphatic hydroxyl groups is 2. The van der Waals surface area contributed by atoms with Gasteiger partial charge in [0.25, 0.3) is 0 Å². The number of carboxylic acid groups (broad SMARTS) is 1. The Balaban J connectivity index is 0. The molecular weight excluding hydrogens is 186 g/mol. The van der Waals surface area contributed by atoms with Gasteiger partial charge in [-0.2, -0.15) is 0 Å². The summed E-state index contributed by atoms with van der Waals surface area (Å²) < 4.78 is 0. The molecule has 0 aromatic carbocycles. The molecule has 0 heterocycles. The molecule has 1 atom stereocenters. The third-order valence-corrected chi connectivity index (χ3v) is 1.46. The van der Waals surface area contributed by atoms with Gasteiger partial charge in [-0.3, -0.25) is 4.79 Å². The summed E-state index contributed by atoms with van der Waals surface area (Å²) in [7, 11) is 0. The second-order valence-corrected chi connectivity index (χ2v) is 2.99. The van der Waals surface area contributed by atoms with E-state index in [9.17, 15) is 4.79 Å². The molecule has 1 unspecified atom stereocenters. The SMILES string of the molecule is CC(N)C(=O)O.OCCCCCCO. The van der Waals surface area contributed by atoms with E-state index in [-0.39, 0.29) is 13.2 Å². The lowest BCUT2D eigenvalue weighted by Crippen LogP contribution is -2.25. The van der Waals surface area contributed by atoms with Gasteiger partial charge in [0.2, 0.25) is 0 Å². The molecule has 0 saturated carbocycles. The van der Waals surface area contributed by atoms with Crippen LogP contribution in [0, 0.1) is 0 Å². The van der Waals surface area contributed by atoms with Crippen molar-refractivity contribution < 1.29 is 20.1 Å². The Morgan fingerprint density at radius 2 is 1.43 bits per heavy atom. The van der Waals surface area contributed by atoms with Crippen molar-refractivity contribution in [1.29, 1.82) is 0 Å². The molecule has 5 N–H and O–H groups in total. The number of unbranched alkanes of at least 4 members (excludes halogenated alkanes) is 3. The van der Waals surface area contributed by atoms with E-state index in [1.807, 2.05) is 0 Å². The van der Waals surface area contributed by atoms with E-state index in [1.165, 1.54) is 6.92 Å². The van der Waals surface area contributed by atoms with Crippen molar-refractivity contribution in [3.63, 3.8) is 0 Å². The van der Waals surface area contributed by atoms with E-state index in [4.69, 9.17) is 21.1 Å². The Labute approximate surface area is 84.5 Å². The molecule has 86 valence electrons. The molecule has 0 radical (unpaired) electrons. The zero-order valence-corrected chi connectivity index (χ0v) is 8.65. The first-order valence-electron chi connectivity index (χ1n) is 4.76. The van der Waals surface area contributed by atoms with Crippen LogP contribution in [0.15, 0.2) is 0 Å². The van der Waals surface area contributed by atoms with Gasteiger partial charge in [0.05, 0.1) is 0 Å². The predicted molar refractivity (Wildman–Crippen MR) is 53.9 cm³/mol. The normalized spacial score (nSPS) is 11.4. The molecule has 0 amide bonds. The van der Waals surface area contributed by atoms with Gasteiger partial charge >= 0.3 is 5.97 Å². The molecule has 5 nitrogen and oxygen atoms in total. The first-order valence-corrected chi connectivity index (χ1v) is 4.76. The van der Waals surface area contributed by atoms with Crippen LogP contribution >= 0.6 is 0 Å². The summed E-state index contributed by atoms with van der Waals surface area (Å²) in [4.78, 5) is 9.57. The van der Waals surface area contributed by atoms with Gasteiger partial charge in [0.15, 0.2) is 0 Å². The maximum Gasteiger partial charge on any atom is 0.320 e. The van der Waals surface area contributed by atoms with Crippen molar-refractivity contribution in [2.24, 2.45) is 5.73 Å². The summed E-state index contributed by atoms with van der Waals surface area (Å²) >= 11 is 0. The fraction of sp³-hybridized carbons (Fsp3) is 0.889. The molecule has 0 aliphatic carbocycles. The predicted octanol–water partition coefficient (Wildman–Crippen LogP) is -0.0504. The van der Waals surface area contributed by atoms with Crippen molar-refractivity contribution in [2.75, 3.05) is 13.2 Å². The number of carbonyl (C=O) groups is 1. The number of hydrogen-bond acceptors (Lipinski definition) is 4. The summed E-state index contributed by atoms with van der Waals surface area (Å²) in [5.41, 5.74) is 4.84. The molecule has 0 rings (SSSR count). The highest BCUT2D eigenvalue weighted by Crippen LogP contribution is 1.96. The summed E-state index contributed by atoms with van der Waals surface area (Å²) in [5, 5.41) is 24.5. The standard InChI is InChI=1S/C6H14O2.C3H7NO2/c7-5-3-1-2-4-6-8;1-2(4)3(5)6/h7-8H,1-6H2;2H,4H2,1H3,(H,5,6). The Bertz CT molecular complexity index is 122. The molecule has 0 saturated heterocycles. The van der Waals surface area contributed by atoms with E-state index in [1.54, 1.807) is 0 Å². The Hall–Kier alpha value is -0.650. The van der Waals surface area contributed by atoms with E-state index >= 15 is 0 Å². The van der Waals surface area contributed by atoms with Crippen molar-refractivity contribution in [2.45, 2.75) is 38.6 Å². The fourth-order valence-electron chi connectivity index (χ4n) is 0.577. The molecule has 0 bridgehead atoms. The van der Waals surface area contributed by atoms with Crippen LogP contribution in [0.2, 0.25) is 0 Å². The fourth-order valence-corrected chi connectivity index (χ4v) is 0.577. The highest BCUT2D eigenvalue weighted by Gasteiger charge is 1.99. The Morgan fingerprint density at radius 1 is 1.14 bits per heavy atom. The van der Waals surface area contributed by atoms with Crippen LogP contribution in [0.3, 0.4) is 0 Å². The van der Waals surface area contributed by atoms with Crippen molar-refractivity contribution in [3.8, 4) is 0 Å². The molecule has 0 spiro atoms. The molecule has 0 fully saturated rings. The smallest absolute Gasteiger partial charge is 0.320 e. The molecule has 0 aromatic heterocycles. The number of nitrogens with two attached hydrogens (primary N) is 1. The minimum atomic E-state index is -0.963. The van der Waals surface area contributed by atoms with Gasteiger partial charge in [-0.05, 0) is 19.8 Å². The van der Waals surface area contributed by atoms with Gasteiger partial charge in [-0.1, -0.05) is 12.8 Å². The number of aliphatic carboxylic acids is 1. The van der Waals surface area contributed by atoms with Gasteiger partial charge in [-0.15, -0.1) is 0 Å². The monoisotopic (exact) mass is 207 g/mol. The van der Waals surface area contributed by atoms with E-state index in [2.05, 4.69) is 0 Å². The lowest BCUT2D eigenvalue weighted by Gasteiger charge is -1.93. The number of rotatable bonds is 6. The van der Waals surface area contributed by atoms with Crippen LogP contribution < -0.4 is 5.73 Å². The minimum absolute atomic E-state index is 0.283. The Morgan fingerprint density at radius 3 is 1.57 bits per heavy atom. The average Bonchev–Trinajstić information content (AvgIpc) is 2.13. The quantitative estimate of drug-likeness (QED) is 0.457. The molecule has 0 aliphatic heterocycles. The lowest BCUT2D eigenvalue weighted by molar-refractivity contribution is -0.138. The maximum atomic E-state index is 9.57. The van der Waals surface area contributed by atoms with Gasteiger partial charge in [-0.25, -0.2) is 0 Å². The minimum Gasteiger partial charge on any atom is -0.480 e. The largest absolute Gasteiger partial charge is 0.480 e. The highest BCUT2D eigenvalue weighted by atomic mass is 16.4. The van der Waals surface area contributed by atoms with Crippen LogP contribution in [-0.2, 0) is 4.79 Å². The van der Waals surface area contributed by atoms with E-state index in [0.29, 0.717) is 0 Å². The topological polar surface area (TPSA) is 104 Å². The van der Waals surface area contributed by atoms with Crippen LogP contribution in [0.1, 0.15) is 32.6 Å². The second kappa shape index (κ2) is 12.3. The second-order valence-electron chi connectivity index (χ2n) is 2.99. The van der Waals surface area contributed by atoms with E-state index < -0.39 is 12.0 Å². The number of aliphatic hydroxyl groups excluding tert-OH is 2.